The quantitative estimate of drug-likeness (QED) is 0.902. The van der Waals surface area contributed by atoms with E-state index in [0.29, 0.717) is 40.2 Å². The summed E-state index contributed by atoms with van der Waals surface area (Å²) in [7, 11) is 0. The molecule has 2 aromatic rings. The van der Waals surface area contributed by atoms with Crippen molar-refractivity contribution in [2.75, 3.05) is 0 Å². The van der Waals surface area contributed by atoms with E-state index >= 15 is 0 Å². The van der Waals surface area contributed by atoms with Crippen LogP contribution in [0.3, 0.4) is 0 Å². The van der Waals surface area contributed by atoms with Gasteiger partial charge >= 0.3 is 0 Å². The SMILES string of the molecule is Cc1cc(C)c(Cc2cc3c(c(C)c2C(N)=O)OC(C)O3)c(=O)[nH]1. The van der Waals surface area contributed by atoms with Gasteiger partial charge in [0.15, 0.2) is 11.5 Å². The Morgan fingerprint density at radius 1 is 1.25 bits per heavy atom. The minimum absolute atomic E-state index is 0.161. The molecule has 3 N–H and O–H groups in total. The normalized spacial score (nSPS) is 15.6. The number of nitrogens with one attached hydrogen (secondary N) is 1. The summed E-state index contributed by atoms with van der Waals surface area (Å²) in [5, 5.41) is 0. The monoisotopic (exact) mass is 328 g/mol. The smallest absolute Gasteiger partial charge is 0.251 e. The fourth-order valence-corrected chi connectivity index (χ4v) is 3.21. The van der Waals surface area contributed by atoms with Gasteiger partial charge in [0.05, 0.1) is 0 Å². The molecule has 0 saturated heterocycles. The topological polar surface area (TPSA) is 94.4 Å². The van der Waals surface area contributed by atoms with Crippen LogP contribution >= 0.6 is 0 Å². The molecule has 1 amide bonds. The fourth-order valence-electron chi connectivity index (χ4n) is 3.21. The Morgan fingerprint density at radius 3 is 2.58 bits per heavy atom. The highest BCUT2D eigenvalue weighted by atomic mass is 16.7. The highest BCUT2D eigenvalue weighted by Crippen LogP contribution is 2.41. The molecular weight excluding hydrogens is 308 g/mol. The number of benzene rings is 1. The average molecular weight is 328 g/mol. The molecule has 126 valence electrons. The minimum Gasteiger partial charge on any atom is -0.451 e. The molecule has 1 atom stereocenters. The van der Waals surface area contributed by atoms with Crippen LogP contribution in [0, 0.1) is 20.8 Å². The van der Waals surface area contributed by atoms with Crippen molar-refractivity contribution in [2.24, 2.45) is 5.73 Å². The van der Waals surface area contributed by atoms with E-state index in [-0.39, 0.29) is 5.56 Å². The number of rotatable bonds is 3. The zero-order valence-electron chi connectivity index (χ0n) is 14.1. The van der Waals surface area contributed by atoms with Crippen LogP contribution in [-0.4, -0.2) is 17.2 Å². The number of fused-ring (bicyclic) bond motifs is 1. The first-order valence-electron chi connectivity index (χ1n) is 7.77. The van der Waals surface area contributed by atoms with Gasteiger partial charge in [0.2, 0.25) is 12.2 Å². The van der Waals surface area contributed by atoms with Crippen LogP contribution in [-0.2, 0) is 6.42 Å². The molecule has 1 unspecified atom stereocenters. The van der Waals surface area contributed by atoms with Gasteiger partial charge in [-0.15, -0.1) is 0 Å². The summed E-state index contributed by atoms with van der Waals surface area (Å²) in [6.07, 6.45) is -0.120. The van der Waals surface area contributed by atoms with Crippen LogP contribution in [0.4, 0.5) is 0 Å². The summed E-state index contributed by atoms with van der Waals surface area (Å²) < 4.78 is 11.2. The lowest BCUT2D eigenvalue weighted by atomic mass is 9.93. The highest BCUT2D eigenvalue weighted by molar-refractivity contribution is 5.97. The van der Waals surface area contributed by atoms with E-state index in [4.69, 9.17) is 15.2 Å². The van der Waals surface area contributed by atoms with Crippen LogP contribution in [0.25, 0.3) is 0 Å². The molecule has 0 radical (unpaired) electrons. The highest BCUT2D eigenvalue weighted by Gasteiger charge is 2.28. The largest absolute Gasteiger partial charge is 0.451 e. The van der Waals surface area contributed by atoms with Gasteiger partial charge in [0.25, 0.3) is 5.56 Å². The zero-order chi connectivity index (χ0) is 17.6. The van der Waals surface area contributed by atoms with E-state index in [9.17, 15) is 9.59 Å². The van der Waals surface area contributed by atoms with Crippen molar-refractivity contribution < 1.29 is 14.3 Å². The number of H-pyrrole nitrogens is 1. The third-order valence-corrected chi connectivity index (χ3v) is 4.25. The summed E-state index contributed by atoms with van der Waals surface area (Å²) in [5.41, 5.74) is 9.37. The number of aromatic amines is 1. The van der Waals surface area contributed by atoms with Crippen LogP contribution in [0.2, 0.25) is 0 Å². The Balaban J connectivity index is 2.16. The number of carbonyl (C=O) groups excluding carboxylic acids is 1. The number of ether oxygens (including phenoxy) is 2. The summed E-state index contributed by atoms with van der Waals surface area (Å²) >= 11 is 0. The third kappa shape index (κ3) is 2.64. The van der Waals surface area contributed by atoms with Crippen molar-refractivity contribution in [3.63, 3.8) is 0 Å². The predicted molar refractivity (Wildman–Crippen MR) is 89.8 cm³/mol. The van der Waals surface area contributed by atoms with Gasteiger partial charge in [-0.25, -0.2) is 0 Å². The molecule has 1 aliphatic heterocycles. The Bertz CT molecular complexity index is 899. The minimum atomic E-state index is -0.547. The molecule has 3 rings (SSSR count). The van der Waals surface area contributed by atoms with Crippen molar-refractivity contribution in [1.29, 1.82) is 0 Å². The molecule has 24 heavy (non-hydrogen) atoms. The Kier molecular flexibility index (Phi) is 3.83. The molecule has 6 heteroatoms. The zero-order valence-corrected chi connectivity index (χ0v) is 14.1. The van der Waals surface area contributed by atoms with Gasteiger partial charge in [0.1, 0.15) is 0 Å². The molecular formula is C18H20N2O4. The van der Waals surface area contributed by atoms with Crippen LogP contribution in [0.1, 0.15) is 45.2 Å². The molecule has 1 aromatic carbocycles. The lowest BCUT2D eigenvalue weighted by molar-refractivity contribution is 0.0674. The van der Waals surface area contributed by atoms with Crippen LogP contribution < -0.4 is 20.8 Å². The number of pyridine rings is 1. The number of aryl methyl sites for hydroxylation is 2. The predicted octanol–water partition coefficient (Wildman–Crippen LogP) is 2.11. The molecule has 0 spiro atoms. The first-order valence-corrected chi connectivity index (χ1v) is 7.77. The van der Waals surface area contributed by atoms with E-state index in [1.807, 2.05) is 19.9 Å². The van der Waals surface area contributed by atoms with E-state index < -0.39 is 12.2 Å². The summed E-state index contributed by atoms with van der Waals surface area (Å²) in [5.74, 6) is 0.561. The van der Waals surface area contributed by atoms with Crippen LogP contribution in [0.5, 0.6) is 11.5 Å². The second kappa shape index (κ2) is 5.70. The maximum atomic E-state index is 12.3. The van der Waals surface area contributed by atoms with Gasteiger partial charge in [-0.1, -0.05) is 0 Å². The number of hydrogen-bond donors (Lipinski definition) is 2. The average Bonchev–Trinajstić information content (AvgIpc) is 2.83. The Labute approximate surface area is 139 Å². The van der Waals surface area contributed by atoms with Gasteiger partial charge in [-0.05, 0) is 44.0 Å². The van der Waals surface area contributed by atoms with Crippen LogP contribution in [0.15, 0.2) is 16.9 Å². The Morgan fingerprint density at radius 2 is 1.96 bits per heavy atom. The second-order valence-electron chi connectivity index (χ2n) is 6.15. The molecule has 6 nitrogen and oxygen atoms in total. The first kappa shape index (κ1) is 16.1. The molecule has 0 fully saturated rings. The first-order chi connectivity index (χ1) is 11.3. The number of carbonyl (C=O) groups is 1. The van der Waals surface area contributed by atoms with Crippen molar-refractivity contribution in [3.05, 3.63) is 56.0 Å². The van der Waals surface area contributed by atoms with E-state index in [1.165, 1.54) is 0 Å². The summed E-state index contributed by atoms with van der Waals surface area (Å²) in [4.78, 5) is 27.1. The van der Waals surface area contributed by atoms with Crippen molar-refractivity contribution in [3.8, 4) is 11.5 Å². The van der Waals surface area contributed by atoms with Gasteiger partial charge in [0, 0.05) is 35.7 Å². The van der Waals surface area contributed by atoms with Crippen molar-refractivity contribution in [1.82, 2.24) is 4.98 Å². The molecule has 1 aliphatic rings. The van der Waals surface area contributed by atoms with Crippen molar-refractivity contribution >= 4 is 5.91 Å². The van der Waals surface area contributed by atoms with Crippen molar-refractivity contribution in [2.45, 2.75) is 40.4 Å². The molecule has 0 saturated carbocycles. The number of amides is 1. The Hall–Kier alpha value is -2.76. The molecule has 0 aliphatic carbocycles. The number of aromatic nitrogens is 1. The molecule has 0 bridgehead atoms. The lowest BCUT2D eigenvalue weighted by Gasteiger charge is -2.13. The number of hydrogen-bond acceptors (Lipinski definition) is 4. The van der Waals surface area contributed by atoms with Gasteiger partial charge < -0.3 is 20.2 Å². The second-order valence-corrected chi connectivity index (χ2v) is 6.15. The third-order valence-electron chi connectivity index (χ3n) is 4.25. The molecule has 1 aromatic heterocycles. The summed E-state index contributed by atoms with van der Waals surface area (Å²) in [6, 6.07) is 3.65. The van der Waals surface area contributed by atoms with Gasteiger partial charge in [-0.2, -0.15) is 0 Å². The number of nitrogens with two attached hydrogens (primary N) is 1. The summed E-state index contributed by atoms with van der Waals surface area (Å²) in [6.45, 7) is 7.26. The standard InChI is InChI=1S/C18H20N2O4/c1-8-5-9(2)20-18(22)13(8)6-12-7-14-16(24-11(4)23-14)10(3)15(12)17(19)21/h5,7,11H,6H2,1-4H3,(H2,19,21)(H,20,22). The van der Waals surface area contributed by atoms with Gasteiger partial charge in [-0.3, -0.25) is 9.59 Å². The fraction of sp³-hybridized carbons (Fsp3) is 0.333. The van der Waals surface area contributed by atoms with E-state index in [1.54, 1.807) is 19.9 Å². The van der Waals surface area contributed by atoms with E-state index in [0.717, 1.165) is 11.3 Å². The molecule has 2 heterocycles. The number of primary amides is 1. The van der Waals surface area contributed by atoms with E-state index in [2.05, 4.69) is 4.98 Å². The maximum absolute atomic E-state index is 12.3. The lowest BCUT2D eigenvalue weighted by Crippen LogP contribution is -2.20. The maximum Gasteiger partial charge on any atom is 0.251 e.